The largest absolute Gasteiger partial charge is 0.421 e. The first kappa shape index (κ1) is 27.5. The number of primary amides is 1. The summed E-state index contributed by atoms with van der Waals surface area (Å²) in [6, 6.07) is 13.9. The third-order valence-electron chi connectivity index (χ3n) is 6.56. The number of rotatable bonds is 8. The van der Waals surface area contributed by atoms with Crippen LogP contribution in [0.1, 0.15) is 41.9 Å². The molecule has 0 atom stereocenters. The second-order valence-corrected chi connectivity index (χ2v) is 8.92. The molecule has 3 heterocycles. The van der Waals surface area contributed by atoms with Gasteiger partial charge < -0.3 is 20.4 Å². The number of H-pyrrole nitrogens is 1. The van der Waals surface area contributed by atoms with Gasteiger partial charge in [-0.1, -0.05) is 13.8 Å². The molecule has 0 spiro atoms. The van der Waals surface area contributed by atoms with Gasteiger partial charge in [-0.25, -0.2) is 9.37 Å². The zero-order valence-electron chi connectivity index (χ0n) is 22.2. The smallest absolute Gasteiger partial charge is 0.322 e. The summed E-state index contributed by atoms with van der Waals surface area (Å²) in [5.74, 6) is -1.27. The number of carbonyl (C=O) groups is 1. The number of benzene rings is 2. The zero-order chi connectivity index (χ0) is 27.8. The molecule has 202 valence electrons. The van der Waals surface area contributed by atoms with Crippen LogP contribution in [0, 0.1) is 17.1 Å². The molecule has 0 unspecified atom stereocenters. The van der Waals surface area contributed by atoms with Gasteiger partial charge in [-0.05, 0) is 61.3 Å². The number of nitrogens with two attached hydrogens (primary N) is 1. The van der Waals surface area contributed by atoms with Gasteiger partial charge in [0.05, 0.1) is 11.6 Å². The fraction of sp³-hybridized carbons (Fsp3) is 0.310. The molecule has 0 bridgehead atoms. The highest BCUT2D eigenvalue weighted by Crippen LogP contribution is 2.27. The first-order chi connectivity index (χ1) is 19.0. The highest BCUT2D eigenvalue weighted by Gasteiger charge is 2.19. The van der Waals surface area contributed by atoms with Crippen LogP contribution < -0.4 is 15.4 Å². The summed E-state index contributed by atoms with van der Waals surface area (Å²) >= 11 is 0. The van der Waals surface area contributed by atoms with Gasteiger partial charge in [0, 0.05) is 61.2 Å². The highest BCUT2D eigenvalue weighted by atomic mass is 19.1. The molecule has 3 N–H and O–H groups in total. The van der Waals surface area contributed by atoms with E-state index >= 15 is 0 Å². The Kier molecular flexibility index (Phi) is 9.07. The number of nitrogens with one attached hydrogen (secondary N) is 1. The van der Waals surface area contributed by atoms with Crippen LogP contribution >= 0.6 is 0 Å². The molecule has 2 aromatic carbocycles. The Labute approximate surface area is 227 Å². The molecule has 1 aliphatic rings. The minimum absolute atomic E-state index is 0.00511. The van der Waals surface area contributed by atoms with Gasteiger partial charge in [-0.2, -0.15) is 10.2 Å². The molecule has 0 aliphatic carbocycles. The van der Waals surface area contributed by atoms with E-state index in [-0.39, 0.29) is 17.5 Å². The summed E-state index contributed by atoms with van der Waals surface area (Å²) < 4.78 is 20.2. The molecule has 5 rings (SSSR count). The van der Waals surface area contributed by atoms with Crippen molar-refractivity contribution in [1.82, 2.24) is 19.9 Å². The second kappa shape index (κ2) is 12.8. The first-order valence-electron chi connectivity index (χ1n) is 13.1. The Morgan fingerprint density at radius 3 is 2.67 bits per heavy atom. The van der Waals surface area contributed by atoms with Gasteiger partial charge in [0.1, 0.15) is 5.69 Å². The molecular weight excluding hydrogens is 497 g/mol. The van der Waals surface area contributed by atoms with E-state index in [1.165, 1.54) is 30.0 Å². The summed E-state index contributed by atoms with van der Waals surface area (Å²) in [4.78, 5) is 26.9. The van der Waals surface area contributed by atoms with Crippen LogP contribution in [0.25, 0.3) is 10.9 Å². The van der Waals surface area contributed by atoms with Crippen LogP contribution in [0.2, 0.25) is 0 Å². The number of halogens is 1. The molecule has 1 amide bonds. The lowest BCUT2D eigenvalue weighted by molar-refractivity contribution is 0.0994. The molecule has 2 aromatic heterocycles. The SMILES string of the molecule is CC.N#Cc1ccc2[nH]cc(CCCN3CCN(c4ccc(Oc5nccc(C(N)=O)n5)c(F)c4)CC3)c2c1. The number of amides is 1. The minimum Gasteiger partial charge on any atom is -0.421 e. The van der Waals surface area contributed by atoms with Crippen molar-refractivity contribution in [3.63, 3.8) is 0 Å². The number of hydrogen-bond acceptors (Lipinski definition) is 7. The number of anilines is 1. The minimum atomic E-state index is -0.714. The van der Waals surface area contributed by atoms with Crippen molar-refractivity contribution in [3.05, 3.63) is 77.5 Å². The van der Waals surface area contributed by atoms with E-state index < -0.39 is 11.7 Å². The van der Waals surface area contributed by atoms with Gasteiger partial charge in [0.25, 0.3) is 5.91 Å². The highest BCUT2D eigenvalue weighted by molar-refractivity contribution is 5.90. The number of aromatic nitrogens is 3. The zero-order valence-corrected chi connectivity index (χ0v) is 22.2. The van der Waals surface area contributed by atoms with Crippen LogP contribution in [0.4, 0.5) is 10.1 Å². The van der Waals surface area contributed by atoms with Crippen molar-refractivity contribution in [1.29, 1.82) is 5.26 Å². The fourth-order valence-corrected chi connectivity index (χ4v) is 4.57. The lowest BCUT2D eigenvalue weighted by atomic mass is 10.1. The van der Waals surface area contributed by atoms with Crippen molar-refractivity contribution in [2.24, 2.45) is 5.73 Å². The molecule has 39 heavy (non-hydrogen) atoms. The van der Waals surface area contributed by atoms with Crippen LogP contribution in [0.3, 0.4) is 0 Å². The van der Waals surface area contributed by atoms with Crippen molar-refractivity contribution < 1.29 is 13.9 Å². The standard InChI is InChI=1S/C27H26FN7O2.C2H6/c28-22-15-20(4-6-25(22)37-27-31-8-7-24(33-27)26(30)36)35-12-10-34(11-13-35)9-1-2-19-17-32-23-5-3-18(16-29)14-21(19)23;1-2/h3-8,14-15,17,32H,1-2,9-13H2,(H2,30,36);1-2H3. The van der Waals surface area contributed by atoms with Gasteiger partial charge in [-0.3, -0.25) is 9.69 Å². The molecule has 10 heteroatoms. The summed E-state index contributed by atoms with van der Waals surface area (Å²) in [7, 11) is 0. The van der Waals surface area contributed by atoms with E-state index in [1.807, 2.05) is 38.2 Å². The Bertz CT molecular complexity index is 1470. The average Bonchev–Trinajstić information content (AvgIpc) is 3.37. The number of aromatic amines is 1. The van der Waals surface area contributed by atoms with Gasteiger partial charge in [-0.15, -0.1) is 0 Å². The average molecular weight is 530 g/mol. The number of piperazine rings is 1. The lowest BCUT2D eigenvalue weighted by Crippen LogP contribution is -2.46. The number of carbonyl (C=O) groups excluding carboxylic acids is 1. The van der Waals surface area contributed by atoms with E-state index in [2.05, 4.69) is 30.8 Å². The summed E-state index contributed by atoms with van der Waals surface area (Å²) in [6.45, 7) is 8.34. The maximum absolute atomic E-state index is 14.8. The Balaban J connectivity index is 0.00000172. The van der Waals surface area contributed by atoms with E-state index in [0.29, 0.717) is 5.56 Å². The van der Waals surface area contributed by atoms with Gasteiger partial charge in [0.2, 0.25) is 0 Å². The predicted molar refractivity (Wildman–Crippen MR) is 148 cm³/mol. The number of fused-ring (bicyclic) bond motifs is 1. The predicted octanol–water partition coefficient (Wildman–Crippen LogP) is 4.64. The van der Waals surface area contributed by atoms with Gasteiger partial charge >= 0.3 is 6.01 Å². The van der Waals surface area contributed by atoms with Crippen molar-refractivity contribution in [2.75, 3.05) is 37.6 Å². The van der Waals surface area contributed by atoms with Crippen LogP contribution in [-0.2, 0) is 6.42 Å². The third kappa shape index (κ3) is 6.69. The maximum Gasteiger partial charge on any atom is 0.322 e. The topological polar surface area (TPSA) is 124 Å². The monoisotopic (exact) mass is 529 g/mol. The Morgan fingerprint density at radius 1 is 1.15 bits per heavy atom. The van der Waals surface area contributed by atoms with Crippen molar-refractivity contribution in [2.45, 2.75) is 26.7 Å². The number of nitrogens with zero attached hydrogens (tertiary/aromatic N) is 5. The molecular formula is C29H32FN7O2. The Hall–Kier alpha value is -4.49. The summed E-state index contributed by atoms with van der Waals surface area (Å²) in [6.07, 6.45) is 5.32. The summed E-state index contributed by atoms with van der Waals surface area (Å²) in [5.41, 5.74) is 8.95. The van der Waals surface area contributed by atoms with E-state index in [1.54, 1.807) is 6.07 Å². The Morgan fingerprint density at radius 2 is 1.95 bits per heavy atom. The quantitative estimate of drug-likeness (QED) is 0.341. The molecule has 1 aliphatic heterocycles. The molecule has 1 fully saturated rings. The second-order valence-electron chi connectivity index (χ2n) is 8.92. The molecule has 1 saturated heterocycles. The van der Waals surface area contributed by atoms with Gasteiger partial charge in [0.15, 0.2) is 11.6 Å². The number of hydrogen-bond donors (Lipinski definition) is 2. The third-order valence-corrected chi connectivity index (χ3v) is 6.56. The fourth-order valence-electron chi connectivity index (χ4n) is 4.57. The molecule has 0 radical (unpaired) electrons. The first-order valence-corrected chi connectivity index (χ1v) is 13.1. The normalized spacial score (nSPS) is 13.4. The number of nitriles is 1. The number of aryl methyl sites for hydroxylation is 1. The number of ether oxygens (including phenoxy) is 1. The van der Waals surface area contributed by atoms with Crippen molar-refractivity contribution in [3.8, 4) is 17.8 Å². The van der Waals surface area contributed by atoms with E-state index in [0.717, 1.165) is 62.2 Å². The maximum atomic E-state index is 14.8. The van der Waals surface area contributed by atoms with Crippen molar-refractivity contribution >= 4 is 22.5 Å². The van der Waals surface area contributed by atoms with E-state index in [9.17, 15) is 14.4 Å². The molecule has 9 nitrogen and oxygen atoms in total. The molecule has 0 saturated carbocycles. The van der Waals surface area contributed by atoms with Crippen LogP contribution in [-0.4, -0.2) is 58.5 Å². The summed E-state index contributed by atoms with van der Waals surface area (Å²) in [5, 5.41) is 10.3. The van der Waals surface area contributed by atoms with Crippen LogP contribution in [0.5, 0.6) is 11.8 Å². The molecule has 4 aromatic rings. The van der Waals surface area contributed by atoms with Crippen LogP contribution in [0.15, 0.2) is 54.9 Å². The lowest BCUT2D eigenvalue weighted by Gasteiger charge is -2.36. The van der Waals surface area contributed by atoms with E-state index in [4.69, 9.17) is 10.5 Å².